The zero-order valence-electron chi connectivity index (χ0n) is 68.2. The number of hydrogen-bond acceptors (Lipinski definition) is 12. The molecule has 0 aliphatic carbocycles. The van der Waals surface area contributed by atoms with Gasteiger partial charge in [-0.1, -0.05) is 231 Å². The van der Waals surface area contributed by atoms with Crippen LogP contribution in [0.4, 0.5) is 0 Å². The van der Waals surface area contributed by atoms with E-state index in [2.05, 4.69) is 273 Å². The zero-order chi connectivity index (χ0) is 83.8. The van der Waals surface area contributed by atoms with Gasteiger partial charge in [-0.3, -0.25) is 0 Å². The average Bonchev–Trinajstić information content (AvgIpc) is 0.756. The monoisotopic (exact) mass is 1680 g/mol. The first kappa shape index (κ1) is 72.6. The molecule has 18 aromatic carbocycles. The van der Waals surface area contributed by atoms with Gasteiger partial charge >= 0.3 is 0 Å². The fourth-order valence-electron chi connectivity index (χ4n) is 20.3. The van der Waals surface area contributed by atoms with E-state index < -0.39 is 0 Å². The fraction of sp³-hybridized carbons (Fsp3) is 0. The number of benzene rings is 18. The molecule has 128 heavy (non-hydrogen) atoms. The smallest absolute Gasteiger partial charge is 0.260 e. The van der Waals surface area contributed by atoms with Crippen molar-refractivity contribution in [2.24, 2.45) is 0 Å². The molecule has 596 valence electrons. The molecule has 0 fully saturated rings. The van der Waals surface area contributed by atoms with E-state index in [-0.39, 0.29) is 26.9 Å². The number of hydrogen-bond donors (Lipinski definition) is 0. The molecule has 8 aliphatic rings. The number of fused-ring (bicyclic) bond motifs is 24. The summed E-state index contributed by atoms with van der Waals surface area (Å²) < 4.78 is 67.4. The maximum atomic E-state index is 6.47. The van der Waals surface area contributed by atoms with Crippen LogP contribution in [0.5, 0.6) is 92.0 Å². The van der Waals surface area contributed by atoms with Gasteiger partial charge in [0.15, 0.2) is 0 Å². The van der Waals surface area contributed by atoms with Crippen molar-refractivity contribution in [3.05, 3.63) is 388 Å². The molecule has 0 saturated carbocycles. The lowest BCUT2D eigenvalue weighted by molar-refractivity contribution is 0.464. The predicted octanol–water partition coefficient (Wildman–Crippen LogP) is 22.6. The van der Waals surface area contributed by atoms with Crippen LogP contribution in [0.25, 0.3) is 107 Å². The van der Waals surface area contributed by atoms with E-state index in [1.54, 1.807) is 11.3 Å². The first-order chi connectivity index (χ1) is 63.4. The van der Waals surface area contributed by atoms with E-state index in [0.717, 1.165) is 186 Å². The Kier molecular flexibility index (Phi) is 16.4. The molecule has 0 spiro atoms. The van der Waals surface area contributed by atoms with Crippen molar-refractivity contribution in [2.45, 2.75) is 0 Å². The Balaban J connectivity index is 0.0000000884. The van der Waals surface area contributed by atoms with Gasteiger partial charge in [-0.2, -0.15) is 0 Å². The number of thiophene rings is 2. The molecule has 0 amide bonds. The number of ether oxygens (including phenoxy) is 8. The molecular weight excluding hydrogens is 1610 g/mol. The maximum absolute atomic E-state index is 6.47. The van der Waals surface area contributed by atoms with Crippen molar-refractivity contribution in [3.63, 3.8) is 0 Å². The molecule has 12 heterocycles. The molecule has 10 nitrogen and oxygen atoms in total. The highest BCUT2D eigenvalue weighted by molar-refractivity contribution is 7.26. The summed E-state index contributed by atoms with van der Waals surface area (Å²) >= 11 is 3.64. The van der Waals surface area contributed by atoms with Crippen LogP contribution in [0, 0.1) is 0 Å². The lowest BCUT2D eigenvalue weighted by Crippen LogP contribution is -2.57. The quantitative estimate of drug-likeness (QED) is 0.158. The summed E-state index contributed by atoms with van der Waals surface area (Å²) in [5.74, 6) is 14.9. The second-order valence-electron chi connectivity index (χ2n) is 33.3. The van der Waals surface area contributed by atoms with Crippen LogP contribution in [0.1, 0.15) is 0 Å². The molecular formula is C112H64B4O10S2. The summed E-state index contributed by atoms with van der Waals surface area (Å²) in [6.07, 6.45) is 0. The fourth-order valence-corrected chi connectivity index (χ4v) is 22.4. The molecule has 22 aromatic rings. The largest absolute Gasteiger partial charge is 0.458 e. The normalized spacial score (nSPS) is 13.1. The van der Waals surface area contributed by atoms with E-state index in [1.165, 1.54) is 78.8 Å². The Bertz CT molecular complexity index is 7620. The molecule has 30 rings (SSSR count). The van der Waals surface area contributed by atoms with Crippen molar-refractivity contribution >= 4 is 178 Å². The zero-order valence-corrected chi connectivity index (χ0v) is 69.8. The van der Waals surface area contributed by atoms with E-state index in [4.69, 9.17) is 46.7 Å². The summed E-state index contributed by atoms with van der Waals surface area (Å²) in [5, 5.41) is 7.16. The van der Waals surface area contributed by atoms with Crippen molar-refractivity contribution in [2.75, 3.05) is 0 Å². The summed E-state index contributed by atoms with van der Waals surface area (Å²) in [6.45, 7) is 0.419. The van der Waals surface area contributed by atoms with Gasteiger partial charge in [0.2, 0.25) is 0 Å². The minimum absolute atomic E-state index is 0.0919. The van der Waals surface area contributed by atoms with Crippen molar-refractivity contribution in [1.82, 2.24) is 0 Å². The molecule has 0 N–H and O–H groups in total. The third kappa shape index (κ3) is 11.8. The number of furan rings is 2. The highest BCUT2D eigenvalue weighted by Gasteiger charge is 2.45. The van der Waals surface area contributed by atoms with Crippen molar-refractivity contribution in [1.29, 1.82) is 0 Å². The van der Waals surface area contributed by atoms with Crippen LogP contribution in [0.15, 0.2) is 397 Å². The molecule has 0 saturated heterocycles. The second kappa shape index (κ2) is 28.9. The van der Waals surface area contributed by atoms with Gasteiger partial charge in [-0.25, -0.2) is 0 Å². The summed E-state index contributed by atoms with van der Waals surface area (Å²) in [4.78, 5) is 1.22. The molecule has 0 bridgehead atoms. The Morgan fingerprint density at radius 1 is 0.172 bits per heavy atom. The molecule has 8 aliphatic heterocycles. The van der Waals surface area contributed by atoms with Crippen LogP contribution < -0.4 is 103 Å². The summed E-state index contributed by atoms with van der Waals surface area (Å²) in [5.41, 5.74) is 23.0. The molecule has 0 unspecified atom stereocenters. The Morgan fingerprint density at radius 3 is 0.898 bits per heavy atom. The third-order valence-corrected chi connectivity index (χ3v) is 28.3. The van der Waals surface area contributed by atoms with E-state index >= 15 is 0 Å². The number of para-hydroxylation sites is 10. The van der Waals surface area contributed by atoms with Gasteiger partial charge in [0.25, 0.3) is 26.9 Å². The SMILES string of the molecule is c1ccc2c(c1)Oc1cc(-c3cc4ccccc4o3)cc3c1B2c1ccccc1O3.c1ccc2c(c1)Oc1cc(-c3cc4ccccc4s3)cc3c1B2c1ccccc1O3.c1ccc2c(c1)Oc1cc(-c3ccc4oc5ccccc5c4c3)cc3c1B2c1ccccc1O3.c1ccc2c(c1)Oc1cc(-c3ccc4sc5ccccc5c4c3)cc3c1B2c1ccccc1O3. The predicted molar refractivity (Wildman–Crippen MR) is 524 cm³/mol. The van der Waals surface area contributed by atoms with Crippen LogP contribution in [0.3, 0.4) is 0 Å². The van der Waals surface area contributed by atoms with Crippen LogP contribution in [-0.2, 0) is 0 Å². The van der Waals surface area contributed by atoms with E-state index in [1.807, 2.05) is 127 Å². The van der Waals surface area contributed by atoms with Gasteiger partial charge < -0.3 is 46.7 Å². The standard InChI is InChI=1S/C30H17BO3.C30H17BO2S.C26H15BO3.C26H15BO2S/c1-4-10-24-20(7-1)21-15-18(13-14-25(21)32-24)19-16-28-30-29(17-19)34-27-12-6-3-9-23(27)31(30)22-8-2-5-11-26(22)33-28;1-6-12-28-20(7-1)21-15-18(13-14-29(21)34-28)19-16-26-30-27(17-19)33-25-11-5-3-9-23(25)31(30)22-8-2-4-10-24(22)32-26;1-4-10-20-16(7-1)13-23(28-20)17-14-24-26-25(15-17)30-22-12-6-3-9-19(22)27(26)18-8-2-5-11-21(18)29-24;1-6-12-24-16(7-1)15-25(30-24)17-13-22-26-23(14-17)29-21-11-5-3-9-19(21)27(26)18-8-2-4-10-20(18)28-22/h2*1-17H;2*1-15H. The lowest BCUT2D eigenvalue weighted by Gasteiger charge is -2.33. The molecule has 0 radical (unpaired) electrons. The number of rotatable bonds is 4. The first-order valence-corrected chi connectivity index (χ1v) is 44.7. The third-order valence-electron chi connectivity index (χ3n) is 26.0. The molecule has 4 aromatic heterocycles. The highest BCUT2D eigenvalue weighted by atomic mass is 32.1. The highest BCUT2D eigenvalue weighted by Crippen LogP contribution is 2.47. The first-order valence-electron chi connectivity index (χ1n) is 43.0. The van der Waals surface area contributed by atoms with Crippen LogP contribution in [0.2, 0.25) is 0 Å². The van der Waals surface area contributed by atoms with Crippen LogP contribution in [-0.4, -0.2) is 26.9 Å². The van der Waals surface area contributed by atoms with Gasteiger partial charge in [0.05, 0.1) is 0 Å². The molecule has 0 atom stereocenters. The summed E-state index contributed by atoms with van der Waals surface area (Å²) in [6, 6.07) is 134. The van der Waals surface area contributed by atoms with Gasteiger partial charge in [-0.05, 0) is 235 Å². The van der Waals surface area contributed by atoms with E-state index in [0.29, 0.717) is 0 Å². The maximum Gasteiger partial charge on any atom is 0.260 e. The lowest BCUT2D eigenvalue weighted by atomic mass is 9.35. The minimum atomic E-state index is 0.0919. The Morgan fingerprint density at radius 2 is 0.484 bits per heavy atom. The van der Waals surface area contributed by atoms with Gasteiger partial charge in [0.1, 0.15) is 115 Å². The summed E-state index contributed by atoms with van der Waals surface area (Å²) in [7, 11) is 0. The average molecular weight is 1680 g/mol. The van der Waals surface area contributed by atoms with E-state index in [9.17, 15) is 0 Å². The Labute approximate surface area is 743 Å². The Hall–Kier alpha value is -15.9. The van der Waals surface area contributed by atoms with Crippen molar-refractivity contribution in [3.8, 4) is 136 Å². The van der Waals surface area contributed by atoms with Gasteiger partial charge in [-0.15, -0.1) is 22.7 Å². The minimum Gasteiger partial charge on any atom is -0.458 e. The van der Waals surface area contributed by atoms with Crippen LogP contribution >= 0.6 is 22.7 Å². The second-order valence-corrected chi connectivity index (χ2v) is 35.5. The van der Waals surface area contributed by atoms with Gasteiger partial charge in [0, 0.05) is 73.3 Å². The topological polar surface area (TPSA) is 100 Å². The molecule has 16 heteroatoms. The van der Waals surface area contributed by atoms with Crippen molar-refractivity contribution < 1.29 is 46.7 Å².